The van der Waals surface area contributed by atoms with E-state index in [1.165, 1.54) is 0 Å². The smallest absolute Gasteiger partial charge is 0.434 e. The van der Waals surface area contributed by atoms with Crippen LogP contribution in [0.15, 0.2) is 30.3 Å². The molecule has 3 N–H and O–H groups in total. The highest BCUT2D eigenvalue weighted by molar-refractivity contribution is 5.66. The molecule has 0 saturated carbocycles. The zero-order chi connectivity index (χ0) is 14.5. The van der Waals surface area contributed by atoms with Crippen LogP contribution in [0.2, 0.25) is 0 Å². The minimum absolute atomic E-state index is 0.0714. The van der Waals surface area contributed by atoms with Crippen molar-refractivity contribution in [1.29, 1.82) is 0 Å². The maximum absolute atomic E-state index is 11.8. The number of carbonyl (C=O) groups is 1. The van der Waals surface area contributed by atoms with Gasteiger partial charge in [0, 0.05) is 0 Å². The van der Waals surface area contributed by atoms with E-state index < -0.39 is 31.0 Å². The van der Waals surface area contributed by atoms with E-state index in [0.29, 0.717) is 0 Å². The molecule has 1 aliphatic rings. The van der Waals surface area contributed by atoms with Crippen molar-refractivity contribution in [2.24, 2.45) is 0 Å². The standard InChI is InChI=1S/C13H17NO6/c15-7-11-12(17)10(16)6-14(20-11)13(18)19-8-9-4-2-1-3-5-9/h1-5,10-12,15-17H,6-8H2/t10-,11-,12+/m1/s1. The van der Waals surface area contributed by atoms with Crippen molar-refractivity contribution in [2.75, 3.05) is 13.2 Å². The largest absolute Gasteiger partial charge is 0.443 e. The molecule has 7 heteroatoms. The van der Waals surface area contributed by atoms with Crippen molar-refractivity contribution in [2.45, 2.75) is 24.9 Å². The molecule has 1 aliphatic heterocycles. The molecule has 0 unspecified atom stereocenters. The van der Waals surface area contributed by atoms with E-state index in [1.54, 1.807) is 12.1 Å². The Bertz CT molecular complexity index is 440. The van der Waals surface area contributed by atoms with E-state index >= 15 is 0 Å². The Morgan fingerprint density at radius 3 is 2.70 bits per heavy atom. The highest BCUT2D eigenvalue weighted by Crippen LogP contribution is 2.16. The average molecular weight is 283 g/mol. The molecule has 3 atom stereocenters. The second kappa shape index (κ2) is 6.67. The van der Waals surface area contributed by atoms with Crippen LogP contribution >= 0.6 is 0 Å². The summed E-state index contributed by atoms with van der Waals surface area (Å²) in [5.74, 6) is 0. The van der Waals surface area contributed by atoms with Gasteiger partial charge in [0.2, 0.25) is 0 Å². The molecule has 1 amide bonds. The molecule has 1 saturated heterocycles. The number of rotatable bonds is 3. The predicted molar refractivity (Wildman–Crippen MR) is 67.3 cm³/mol. The van der Waals surface area contributed by atoms with Gasteiger partial charge in [-0.1, -0.05) is 30.3 Å². The molecule has 7 nitrogen and oxygen atoms in total. The van der Waals surface area contributed by atoms with E-state index in [1.807, 2.05) is 18.2 Å². The number of β-amino-alcohol motifs (C(OH)–C–C–N with tert-alkyl or cyclic N) is 1. The molecule has 1 aromatic rings. The molecular weight excluding hydrogens is 266 g/mol. The Morgan fingerprint density at radius 1 is 1.35 bits per heavy atom. The van der Waals surface area contributed by atoms with Crippen molar-refractivity contribution in [3.63, 3.8) is 0 Å². The first kappa shape index (κ1) is 14.7. The first-order valence-electron chi connectivity index (χ1n) is 6.24. The Kier molecular flexibility index (Phi) is 4.91. The molecule has 0 radical (unpaired) electrons. The Hall–Kier alpha value is -1.67. The number of aliphatic hydroxyl groups excluding tert-OH is 3. The number of ether oxygens (including phenoxy) is 1. The summed E-state index contributed by atoms with van der Waals surface area (Å²) in [6, 6.07) is 9.10. The summed E-state index contributed by atoms with van der Waals surface area (Å²) in [5, 5.41) is 28.9. The summed E-state index contributed by atoms with van der Waals surface area (Å²) in [4.78, 5) is 16.9. The van der Waals surface area contributed by atoms with Crippen molar-refractivity contribution in [1.82, 2.24) is 5.06 Å². The summed E-state index contributed by atoms with van der Waals surface area (Å²) in [5.41, 5.74) is 0.817. The molecule has 1 heterocycles. The van der Waals surface area contributed by atoms with Crippen LogP contribution < -0.4 is 0 Å². The molecular formula is C13H17NO6. The number of amides is 1. The molecule has 110 valence electrons. The lowest BCUT2D eigenvalue weighted by Gasteiger charge is -2.36. The number of benzene rings is 1. The second-order valence-corrected chi connectivity index (χ2v) is 4.49. The van der Waals surface area contributed by atoms with E-state index in [4.69, 9.17) is 14.7 Å². The minimum Gasteiger partial charge on any atom is -0.443 e. The molecule has 0 aromatic heterocycles. The van der Waals surface area contributed by atoms with Gasteiger partial charge >= 0.3 is 6.09 Å². The molecule has 1 aromatic carbocycles. The van der Waals surface area contributed by atoms with Crippen LogP contribution in [0, 0.1) is 0 Å². The number of hydrogen-bond donors (Lipinski definition) is 3. The van der Waals surface area contributed by atoms with E-state index in [0.717, 1.165) is 10.6 Å². The number of hydroxylamine groups is 2. The quantitative estimate of drug-likeness (QED) is 0.701. The molecule has 20 heavy (non-hydrogen) atoms. The maximum atomic E-state index is 11.8. The monoisotopic (exact) mass is 283 g/mol. The fraction of sp³-hybridized carbons (Fsp3) is 0.462. The molecule has 0 spiro atoms. The minimum atomic E-state index is -1.24. The SMILES string of the molecule is O=C(OCc1ccccc1)N1C[C@@H](O)[C@H](O)[C@@H](CO)O1. The second-order valence-electron chi connectivity index (χ2n) is 4.49. The zero-order valence-electron chi connectivity index (χ0n) is 10.8. The van der Waals surface area contributed by atoms with Crippen LogP contribution in [-0.4, -0.2) is 57.9 Å². The number of hydrogen-bond acceptors (Lipinski definition) is 6. The highest BCUT2D eigenvalue weighted by atomic mass is 16.7. The van der Waals surface area contributed by atoms with Crippen LogP contribution in [0.4, 0.5) is 4.79 Å². The van der Waals surface area contributed by atoms with Crippen LogP contribution in [-0.2, 0) is 16.2 Å². The number of aliphatic hydroxyl groups is 3. The Labute approximate surface area is 115 Å². The fourth-order valence-corrected chi connectivity index (χ4v) is 1.84. The van der Waals surface area contributed by atoms with Crippen molar-refractivity contribution in [3.05, 3.63) is 35.9 Å². The average Bonchev–Trinajstić information content (AvgIpc) is 2.48. The third-order valence-corrected chi connectivity index (χ3v) is 2.98. The van der Waals surface area contributed by atoms with Gasteiger partial charge in [0.05, 0.1) is 13.2 Å². The van der Waals surface area contributed by atoms with Gasteiger partial charge in [-0.2, -0.15) is 5.06 Å². The predicted octanol–water partition coefficient (Wildman–Crippen LogP) is -0.347. The van der Waals surface area contributed by atoms with Crippen LogP contribution in [0.5, 0.6) is 0 Å². The van der Waals surface area contributed by atoms with Crippen LogP contribution in [0.25, 0.3) is 0 Å². The number of carbonyl (C=O) groups excluding carboxylic acids is 1. The van der Waals surface area contributed by atoms with Crippen molar-refractivity contribution in [3.8, 4) is 0 Å². The Balaban J connectivity index is 1.89. The Morgan fingerprint density at radius 2 is 2.05 bits per heavy atom. The van der Waals surface area contributed by atoms with Crippen LogP contribution in [0.1, 0.15) is 5.56 Å². The molecule has 1 fully saturated rings. The van der Waals surface area contributed by atoms with Crippen LogP contribution in [0.3, 0.4) is 0 Å². The summed E-state index contributed by atoms with van der Waals surface area (Å²) in [6.45, 7) is -0.659. The molecule has 0 aliphatic carbocycles. The van der Waals surface area contributed by atoms with Gasteiger partial charge < -0.3 is 20.1 Å². The van der Waals surface area contributed by atoms with Gasteiger partial charge in [0.1, 0.15) is 24.9 Å². The summed E-state index contributed by atoms with van der Waals surface area (Å²) >= 11 is 0. The summed E-state index contributed by atoms with van der Waals surface area (Å²) in [6.07, 6.45) is -4.26. The normalized spacial score (nSPS) is 26.4. The highest BCUT2D eigenvalue weighted by Gasteiger charge is 2.38. The van der Waals surface area contributed by atoms with E-state index in [2.05, 4.69) is 0 Å². The third-order valence-electron chi connectivity index (χ3n) is 2.98. The molecule has 0 bridgehead atoms. The van der Waals surface area contributed by atoms with Gasteiger partial charge in [-0.25, -0.2) is 4.79 Å². The zero-order valence-corrected chi connectivity index (χ0v) is 10.8. The van der Waals surface area contributed by atoms with Gasteiger partial charge in [-0.3, -0.25) is 4.84 Å². The lowest BCUT2D eigenvalue weighted by atomic mass is 10.1. The topological polar surface area (TPSA) is 99.5 Å². The van der Waals surface area contributed by atoms with E-state index in [-0.39, 0.29) is 13.2 Å². The lowest BCUT2D eigenvalue weighted by molar-refractivity contribution is -0.267. The summed E-state index contributed by atoms with van der Waals surface area (Å²) in [7, 11) is 0. The van der Waals surface area contributed by atoms with Gasteiger partial charge in [-0.15, -0.1) is 0 Å². The third kappa shape index (κ3) is 3.45. The first-order valence-corrected chi connectivity index (χ1v) is 6.24. The maximum Gasteiger partial charge on any atom is 0.434 e. The van der Waals surface area contributed by atoms with Gasteiger partial charge in [-0.05, 0) is 5.56 Å². The lowest BCUT2D eigenvalue weighted by Crippen LogP contribution is -2.56. The van der Waals surface area contributed by atoms with E-state index in [9.17, 15) is 15.0 Å². The molecule has 2 rings (SSSR count). The summed E-state index contributed by atoms with van der Waals surface area (Å²) < 4.78 is 5.03. The van der Waals surface area contributed by atoms with Crippen molar-refractivity contribution < 1.29 is 29.7 Å². The number of nitrogens with zero attached hydrogens (tertiary/aromatic N) is 1. The van der Waals surface area contributed by atoms with Crippen molar-refractivity contribution >= 4 is 6.09 Å². The van der Waals surface area contributed by atoms with Gasteiger partial charge in [0.15, 0.2) is 0 Å². The fourth-order valence-electron chi connectivity index (χ4n) is 1.84. The van der Waals surface area contributed by atoms with Gasteiger partial charge in [0.25, 0.3) is 0 Å². The first-order chi connectivity index (χ1) is 9.61.